The maximum atomic E-state index is 13.1. The van der Waals surface area contributed by atoms with E-state index in [1.54, 1.807) is 16.8 Å². The molecule has 0 spiro atoms. The normalized spacial score (nSPS) is 15.7. The quantitative estimate of drug-likeness (QED) is 0.620. The van der Waals surface area contributed by atoms with Crippen molar-refractivity contribution in [2.24, 2.45) is 0 Å². The number of carbonyl (C=O) groups excluding carboxylic acids is 1. The number of halogens is 2. The Morgan fingerprint density at radius 2 is 1.97 bits per heavy atom. The Morgan fingerprint density at radius 1 is 1.25 bits per heavy atom. The van der Waals surface area contributed by atoms with Gasteiger partial charge in [0.1, 0.15) is 17.1 Å². The number of amides is 1. The zero-order chi connectivity index (χ0) is 22.9. The summed E-state index contributed by atoms with van der Waals surface area (Å²) < 4.78 is 43.4. The summed E-state index contributed by atoms with van der Waals surface area (Å²) in [5.74, 6) is -0.721. The van der Waals surface area contributed by atoms with Crippen LogP contribution in [0.3, 0.4) is 0 Å². The van der Waals surface area contributed by atoms with E-state index in [1.807, 2.05) is 12.3 Å². The fraction of sp³-hybridized carbons (Fsp3) is 0.391. The van der Waals surface area contributed by atoms with Gasteiger partial charge in [-0.1, -0.05) is 13.0 Å². The summed E-state index contributed by atoms with van der Waals surface area (Å²) in [5.41, 5.74) is 3.12. The molecule has 1 aliphatic heterocycles. The molecule has 0 saturated carbocycles. The lowest BCUT2D eigenvalue weighted by molar-refractivity contribution is -0.0502. The molecule has 7 nitrogen and oxygen atoms in total. The van der Waals surface area contributed by atoms with E-state index in [1.165, 1.54) is 20.2 Å². The molecule has 1 aliphatic rings. The lowest BCUT2D eigenvalue weighted by Crippen LogP contribution is -2.30. The van der Waals surface area contributed by atoms with Crippen LogP contribution in [-0.2, 0) is 10.2 Å². The van der Waals surface area contributed by atoms with Crippen LogP contribution in [0.4, 0.5) is 8.78 Å². The van der Waals surface area contributed by atoms with Gasteiger partial charge in [-0.05, 0) is 47.6 Å². The van der Waals surface area contributed by atoms with Crippen LogP contribution in [0.2, 0.25) is 0 Å². The minimum atomic E-state index is -3.09. The van der Waals surface area contributed by atoms with E-state index < -0.39 is 12.5 Å². The molecule has 1 N–H and O–H groups in total. The summed E-state index contributed by atoms with van der Waals surface area (Å²) in [5, 5.41) is 6.90. The first kappa shape index (κ1) is 22.0. The second kappa shape index (κ2) is 8.74. The number of ether oxygens (including phenoxy) is 3. The van der Waals surface area contributed by atoms with E-state index >= 15 is 0 Å². The third kappa shape index (κ3) is 4.00. The van der Waals surface area contributed by atoms with Crippen molar-refractivity contribution in [1.29, 1.82) is 0 Å². The number of nitrogens with zero attached hydrogens (tertiary/aromatic N) is 2. The highest BCUT2D eigenvalue weighted by atomic mass is 19.3. The van der Waals surface area contributed by atoms with Crippen molar-refractivity contribution >= 4 is 11.4 Å². The number of aromatic nitrogens is 2. The third-order valence-electron chi connectivity index (χ3n) is 6.08. The Labute approximate surface area is 184 Å². The SMILES string of the molecule is CNC(=O)c1c(OC)cc(-c2cnn3cc(C4(C)CCOCC4)ccc23)cc1OC(F)F. The minimum absolute atomic E-state index is 0.00914. The van der Waals surface area contributed by atoms with Gasteiger partial charge >= 0.3 is 6.61 Å². The number of methoxy groups -OCH3 is 1. The first-order valence-corrected chi connectivity index (χ1v) is 10.3. The highest BCUT2D eigenvalue weighted by Crippen LogP contribution is 2.39. The monoisotopic (exact) mass is 445 g/mol. The van der Waals surface area contributed by atoms with Gasteiger partial charge in [0.2, 0.25) is 0 Å². The van der Waals surface area contributed by atoms with Crippen LogP contribution in [0.5, 0.6) is 11.5 Å². The maximum Gasteiger partial charge on any atom is 0.387 e. The predicted molar refractivity (Wildman–Crippen MR) is 115 cm³/mol. The smallest absolute Gasteiger partial charge is 0.387 e. The average molecular weight is 445 g/mol. The molecule has 3 aromatic rings. The van der Waals surface area contributed by atoms with E-state index in [9.17, 15) is 13.6 Å². The molecule has 0 bridgehead atoms. The maximum absolute atomic E-state index is 13.1. The molecule has 3 heterocycles. The number of alkyl halides is 2. The van der Waals surface area contributed by atoms with Crippen molar-refractivity contribution in [2.75, 3.05) is 27.4 Å². The number of fused-ring (bicyclic) bond motifs is 1. The molecule has 1 fully saturated rings. The van der Waals surface area contributed by atoms with E-state index in [0.717, 1.165) is 37.1 Å². The molecular weight excluding hydrogens is 420 g/mol. The van der Waals surface area contributed by atoms with Crippen molar-refractivity contribution in [3.63, 3.8) is 0 Å². The molecule has 32 heavy (non-hydrogen) atoms. The summed E-state index contributed by atoms with van der Waals surface area (Å²) >= 11 is 0. The molecule has 0 aliphatic carbocycles. The molecule has 2 aromatic heterocycles. The van der Waals surface area contributed by atoms with Gasteiger partial charge in [-0.15, -0.1) is 0 Å². The van der Waals surface area contributed by atoms with E-state index in [4.69, 9.17) is 9.47 Å². The van der Waals surface area contributed by atoms with Crippen LogP contribution >= 0.6 is 0 Å². The number of hydrogen-bond acceptors (Lipinski definition) is 5. The molecule has 1 amide bonds. The second-order valence-corrected chi connectivity index (χ2v) is 7.99. The Morgan fingerprint density at radius 3 is 2.62 bits per heavy atom. The van der Waals surface area contributed by atoms with Gasteiger partial charge in [-0.25, -0.2) is 4.52 Å². The van der Waals surface area contributed by atoms with E-state index in [0.29, 0.717) is 11.1 Å². The first-order chi connectivity index (χ1) is 15.4. The van der Waals surface area contributed by atoms with Crippen LogP contribution in [0.15, 0.2) is 36.7 Å². The summed E-state index contributed by atoms with van der Waals surface area (Å²) in [6.07, 6.45) is 5.51. The van der Waals surface area contributed by atoms with Gasteiger partial charge in [0, 0.05) is 32.0 Å². The number of carbonyl (C=O) groups is 1. The molecule has 9 heteroatoms. The lowest BCUT2D eigenvalue weighted by Gasteiger charge is -2.33. The van der Waals surface area contributed by atoms with Gasteiger partial charge in [0.15, 0.2) is 0 Å². The molecule has 170 valence electrons. The highest BCUT2D eigenvalue weighted by Gasteiger charge is 2.30. The van der Waals surface area contributed by atoms with Gasteiger partial charge in [-0.2, -0.15) is 13.9 Å². The number of nitrogens with one attached hydrogen (secondary N) is 1. The Hall–Kier alpha value is -3.20. The van der Waals surface area contributed by atoms with Crippen molar-refractivity contribution in [3.05, 3.63) is 47.8 Å². The summed E-state index contributed by atoms with van der Waals surface area (Å²) in [6, 6.07) is 7.06. The van der Waals surface area contributed by atoms with Crippen molar-refractivity contribution in [1.82, 2.24) is 14.9 Å². The highest BCUT2D eigenvalue weighted by molar-refractivity contribution is 6.01. The number of pyridine rings is 1. The average Bonchev–Trinajstić information content (AvgIpc) is 3.21. The topological polar surface area (TPSA) is 74.1 Å². The lowest BCUT2D eigenvalue weighted by atomic mass is 9.77. The fourth-order valence-electron chi connectivity index (χ4n) is 4.12. The van der Waals surface area contributed by atoms with Crippen LogP contribution in [0, 0.1) is 0 Å². The molecule has 0 atom stereocenters. The van der Waals surface area contributed by atoms with Crippen LogP contribution in [-0.4, -0.2) is 49.5 Å². The first-order valence-electron chi connectivity index (χ1n) is 10.3. The van der Waals surface area contributed by atoms with Crippen molar-refractivity contribution in [2.45, 2.75) is 31.8 Å². The molecular formula is C23H25F2N3O4. The Bertz CT molecular complexity index is 1140. The Balaban J connectivity index is 1.80. The Kier molecular flexibility index (Phi) is 6.01. The number of hydrogen-bond donors (Lipinski definition) is 1. The van der Waals surface area contributed by atoms with Gasteiger partial charge in [-0.3, -0.25) is 4.79 Å². The van der Waals surface area contributed by atoms with E-state index in [2.05, 4.69) is 28.1 Å². The van der Waals surface area contributed by atoms with Crippen LogP contribution in [0.25, 0.3) is 16.6 Å². The molecule has 1 aromatic carbocycles. The van der Waals surface area contributed by atoms with Crippen molar-refractivity contribution < 1.29 is 27.8 Å². The fourth-order valence-corrected chi connectivity index (χ4v) is 4.12. The molecule has 0 unspecified atom stereocenters. The minimum Gasteiger partial charge on any atom is -0.496 e. The summed E-state index contributed by atoms with van der Waals surface area (Å²) in [6.45, 7) is 0.578. The zero-order valence-corrected chi connectivity index (χ0v) is 18.2. The van der Waals surface area contributed by atoms with Crippen LogP contribution < -0.4 is 14.8 Å². The van der Waals surface area contributed by atoms with Gasteiger partial charge in [0.25, 0.3) is 5.91 Å². The zero-order valence-electron chi connectivity index (χ0n) is 18.2. The van der Waals surface area contributed by atoms with Gasteiger partial charge in [0.05, 0.1) is 18.8 Å². The predicted octanol–water partition coefficient (Wildman–Crippen LogP) is 4.04. The third-order valence-corrected chi connectivity index (χ3v) is 6.08. The summed E-state index contributed by atoms with van der Waals surface area (Å²) in [4.78, 5) is 12.3. The second-order valence-electron chi connectivity index (χ2n) is 7.99. The number of rotatable bonds is 6. The molecule has 0 radical (unpaired) electrons. The molecule has 4 rings (SSSR count). The summed E-state index contributed by atoms with van der Waals surface area (Å²) in [7, 11) is 2.78. The standard InChI is InChI=1S/C23H25F2N3O4/c1-23(6-8-31-9-7-23)15-4-5-17-16(12-27-28(17)13-15)14-10-18(30-3)20(21(29)26-2)19(11-14)32-22(24)25/h4-5,10-13,22H,6-9H2,1-3H3,(H,26,29). The van der Waals surface area contributed by atoms with E-state index in [-0.39, 0.29) is 22.5 Å². The van der Waals surface area contributed by atoms with Crippen LogP contribution in [0.1, 0.15) is 35.7 Å². The largest absolute Gasteiger partial charge is 0.496 e. The van der Waals surface area contributed by atoms with Gasteiger partial charge < -0.3 is 19.5 Å². The van der Waals surface area contributed by atoms with Crippen molar-refractivity contribution in [3.8, 4) is 22.6 Å². The number of benzene rings is 1. The molecule has 1 saturated heterocycles.